The quantitative estimate of drug-likeness (QED) is 0.680. The van der Waals surface area contributed by atoms with Gasteiger partial charge in [0, 0.05) is 19.1 Å². The van der Waals surface area contributed by atoms with Crippen molar-refractivity contribution >= 4 is 0 Å². The van der Waals surface area contributed by atoms with E-state index in [2.05, 4.69) is 18.7 Å². The Hall–Kier alpha value is -0.0800. The Morgan fingerprint density at radius 2 is 2.17 bits per heavy atom. The van der Waals surface area contributed by atoms with E-state index in [4.69, 9.17) is 5.73 Å². The van der Waals surface area contributed by atoms with Crippen LogP contribution in [-0.2, 0) is 0 Å². The molecular weight excluding hydrogens is 148 g/mol. The molecule has 1 aliphatic heterocycles. The van der Waals surface area contributed by atoms with Crippen LogP contribution >= 0.6 is 0 Å². The van der Waals surface area contributed by atoms with Crippen LogP contribution in [0.15, 0.2) is 0 Å². The Kier molecular flexibility index (Phi) is 4.02. The molecule has 72 valence electrons. The van der Waals surface area contributed by atoms with Crippen molar-refractivity contribution in [3.05, 3.63) is 0 Å². The van der Waals surface area contributed by atoms with Crippen molar-refractivity contribution in [1.82, 2.24) is 4.90 Å². The van der Waals surface area contributed by atoms with E-state index in [1.165, 1.54) is 32.4 Å². The number of rotatable bonds is 2. The van der Waals surface area contributed by atoms with Crippen LogP contribution in [-0.4, -0.2) is 30.6 Å². The van der Waals surface area contributed by atoms with E-state index in [1.807, 2.05) is 0 Å². The molecule has 0 amide bonds. The van der Waals surface area contributed by atoms with Crippen molar-refractivity contribution in [2.24, 2.45) is 11.7 Å². The third-order valence-electron chi connectivity index (χ3n) is 2.42. The minimum atomic E-state index is 0.422. The summed E-state index contributed by atoms with van der Waals surface area (Å²) in [7, 11) is 0. The van der Waals surface area contributed by atoms with Crippen molar-refractivity contribution < 1.29 is 0 Å². The van der Waals surface area contributed by atoms with E-state index in [0.29, 0.717) is 6.04 Å². The van der Waals surface area contributed by atoms with Gasteiger partial charge in [-0.05, 0) is 25.3 Å². The number of hydrogen-bond acceptors (Lipinski definition) is 2. The van der Waals surface area contributed by atoms with Crippen molar-refractivity contribution in [2.75, 3.05) is 19.6 Å². The van der Waals surface area contributed by atoms with Crippen LogP contribution in [0.5, 0.6) is 0 Å². The molecule has 1 unspecified atom stereocenters. The SMILES string of the molecule is CC(C)CN1CCCCC(N)C1. The molecule has 0 spiro atoms. The minimum Gasteiger partial charge on any atom is -0.327 e. The van der Waals surface area contributed by atoms with Gasteiger partial charge < -0.3 is 10.6 Å². The summed E-state index contributed by atoms with van der Waals surface area (Å²) in [5, 5.41) is 0. The van der Waals surface area contributed by atoms with Crippen molar-refractivity contribution in [2.45, 2.75) is 39.2 Å². The Balaban J connectivity index is 2.31. The zero-order valence-corrected chi connectivity index (χ0v) is 8.42. The van der Waals surface area contributed by atoms with Crippen molar-refractivity contribution in [1.29, 1.82) is 0 Å². The Morgan fingerprint density at radius 3 is 2.83 bits per heavy atom. The predicted molar refractivity (Wildman–Crippen MR) is 53.1 cm³/mol. The first-order valence-corrected chi connectivity index (χ1v) is 5.16. The third kappa shape index (κ3) is 3.55. The van der Waals surface area contributed by atoms with Gasteiger partial charge in [0.25, 0.3) is 0 Å². The van der Waals surface area contributed by atoms with Gasteiger partial charge in [-0.1, -0.05) is 20.3 Å². The third-order valence-corrected chi connectivity index (χ3v) is 2.42. The van der Waals surface area contributed by atoms with Crippen molar-refractivity contribution in [3.63, 3.8) is 0 Å². The lowest BCUT2D eigenvalue weighted by molar-refractivity contribution is 0.244. The van der Waals surface area contributed by atoms with Gasteiger partial charge >= 0.3 is 0 Å². The van der Waals surface area contributed by atoms with Gasteiger partial charge in [-0.25, -0.2) is 0 Å². The zero-order chi connectivity index (χ0) is 8.97. The maximum Gasteiger partial charge on any atom is 0.0167 e. The summed E-state index contributed by atoms with van der Waals surface area (Å²) >= 11 is 0. The molecule has 0 saturated carbocycles. The molecule has 1 saturated heterocycles. The summed E-state index contributed by atoms with van der Waals surface area (Å²) in [6.07, 6.45) is 3.87. The molecule has 2 nitrogen and oxygen atoms in total. The van der Waals surface area contributed by atoms with E-state index >= 15 is 0 Å². The van der Waals surface area contributed by atoms with Gasteiger partial charge in [0.15, 0.2) is 0 Å². The first-order valence-electron chi connectivity index (χ1n) is 5.16. The predicted octanol–water partition coefficient (Wildman–Crippen LogP) is 1.46. The maximum atomic E-state index is 5.96. The van der Waals surface area contributed by atoms with Crippen LogP contribution in [0.2, 0.25) is 0 Å². The molecule has 0 aromatic carbocycles. The lowest BCUT2D eigenvalue weighted by Gasteiger charge is -2.23. The lowest BCUT2D eigenvalue weighted by Crippen LogP contribution is -2.37. The second-order valence-corrected chi connectivity index (χ2v) is 4.41. The molecule has 0 radical (unpaired) electrons. The molecule has 12 heavy (non-hydrogen) atoms. The van der Waals surface area contributed by atoms with Gasteiger partial charge in [0.2, 0.25) is 0 Å². The fourth-order valence-electron chi connectivity index (χ4n) is 1.94. The molecule has 1 heterocycles. The normalized spacial score (nSPS) is 27.5. The highest BCUT2D eigenvalue weighted by Gasteiger charge is 2.14. The summed E-state index contributed by atoms with van der Waals surface area (Å²) in [5.41, 5.74) is 5.96. The van der Waals surface area contributed by atoms with Crippen LogP contribution in [0.3, 0.4) is 0 Å². The molecule has 2 heteroatoms. The number of likely N-dealkylation sites (tertiary alicyclic amines) is 1. The molecule has 2 N–H and O–H groups in total. The fraction of sp³-hybridized carbons (Fsp3) is 1.00. The van der Waals surface area contributed by atoms with E-state index in [1.54, 1.807) is 0 Å². The number of nitrogens with two attached hydrogens (primary N) is 1. The van der Waals surface area contributed by atoms with Gasteiger partial charge in [-0.3, -0.25) is 0 Å². The van der Waals surface area contributed by atoms with Crippen LogP contribution in [0, 0.1) is 5.92 Å². The molecule has 0 aliphatic carbocycles. The van der Waals surface area contributed by atoms with Crippen LogP contribution < -0.4 is 5.73 Å². The first kappa shape index (κ1) is 10.0. The molecule has 1 atom stereocenters. The number of hydrogen-bond donors (Lipinski definition) is 1. The second kappa shape index (κ2) is 4.83. The Bertz CT molecular complexity index is 123. The van der Waals surface area contributed by atoms with Crippen LogP contribution in [0.1, 0.15) is 33.1 Å². The summed E-state index contributed by atoms with van der Waals surface area (Å²) in [6, 6.07) is 0.422. The zero-order valence-electron chi connectivity index (χ0n) is 8.42. The average molecular weight is 170 g/mol. The van der Waals surface area contributed by atoms with Gasteiger partial charge in [-0.15, -0.1) is 0 Å². The molecule has 1 rings (SSSR count). The molecule has 1 fully saturated rings. The van der Waals surface area contributed by atoms with Gasteiger partial charge in [0.1, 0.15) is 0 Å². The molecule has 0 aromatic heterocycles. The lowest BCUT2D eigenvalue weighted by atomic mass is 10.1. The highest BCUT2D eigenvalue weighted by Crippen LogP contribution is 2.10. The van der Waals surface area contributed by atoms with Gasteiger partial charge in [0.05, 0.1) is 0 Å². The van der Waals surface area contributed by atoms with Crippen molar-refractivity contribution in [3.8, 4) is 0 Å². The monoisotopic (exact) mass is 170 g/mol. The Morgan fingerprint density at radius 1 is 1.42 bits per heavy atom. The summed E-state index contributed by atoms with van der Waals surface area (Å²) in [6.45, 7) is 8.13. The largest absolute Gasteiger partial charge is 0.327 e. The highest BCUT2D eigenvalue weighted by atomic mass is 15.1. The first-order chi connectivity index (χ1) is 5.68. The molecule has 1 aliphatic rings. The van der Waals surface area contributed by atoms with Gasteiger partial charge in [-0.2, -0.15) is 0 Å². The van der Waals surface area contributed by atoms with E-state index in [0.717, 1.165) is 12.5 Å². The van der Waals surface area contributed by atoms with Crippen LogP contribution in [0.25, 0.3) is 0 Å². The fourth-order valence-corrected chi connectivity index (χ4v) is 1.94. The smallest absolute Gasteiger partial charge is 0.0167 e. The average Bonchev–Trinajstić information content (AvgIpc) is 2.12. The van der Waals surface area contributed by atoms with Crippen LogP contribution in [0.4, 0.5) is 0 Å². The van der Waals surface area contributed by atoms with E-state index in [9.17, 15) is 0 Å². The topological polar surface area (TPSA) is 29.3 Å². The van der Waals surface area contributed by atoms with E-state index in [-0.39, 0.29) is 0 Å². The standard InChI is InChI=1S/C10H22N2/c1-9(2)7-12-6-4-3-5-10(11)8-12/h9-10H,3-8,11H2,1-2H3. The van der Waals surface area contributed by atoms with E-state index < -0.39 is 0 Å². The summed E-state index contributed by atoms with van der Waals surface area (Å²) in [5.74, 6) is 0.773. The second-order valence-electron chi connectivity index (χ2n) is 4.41. The molecule has 0 aromatic rings. The summed E-state index contributed by atoms with van der Waals surface area (Å²) < 4.78 is 0. The number of nitrogens with zero attached hydrogens (tertiary/aromatic N) is 1. The maximum absolute atomic E-state index is 5.96. The molecule has 0 bridgehead atoms. The Labute approximate surface area is 76.1 Å². The minimum absolute atomic E-state index is 0.422. The summed E-state index contributed by atoms with van der Waals surface area (Å²) in [4.78, 5) is 2.52. The molecular formula is C10H22N2. The highest BCUT2D eigenvalue weighted by molar-refractivity contribution is 4.73.